The van der Waals surface area contributed by atoms with E-state index < -0.39 is 24.4 Å². The molecular weight excluding hydrogens is 152 g/mol. The van der Waals surface area contributed by atoms with E-state index in [0.29, 0.717) is 0 Å². The van der Waals surface area contributed by atoms with Crippen LogP contribution in [0.15, 0.2) is 0 Å². The van der Waals surface area contributed by atoms with E-state index in [2.05, 4.69) is 4.74 Å². The fraction of sp³-hybridized carbons (Fsp3) is 0.833. The van der Waals surface area contributed by atoms with E-state index in [1.165, 1.54) is 0 Å². The number of aliphatic hydroxyl groups is 4. The zero-order valence-electron chi connectivity index (χ0n) is 5.79. The Labute approximate surface area is 63.8 Å². The summed E-state index contributed by atoms with van der Waals surface area (Å²) >= 11 is 0. The van der Waals surface area contributed by atoms with Gasteiger partial charge in [-0.15, -0.1) is 0 Å². The normalized spacial score (nSPS) is 45.8. The largest absolute Gasteiger partial charge is 0.394 e. The molecule has 0 spiro atoms. The van der Waals surface area contributed by atoms with Crippen LogP contribution in [0.1, 0.15) is 0 Å². The molecule has 11 heavy (non-hydrogen) atoms. The Morgan fingerprint density at radius 1 is 1.18 bits per heavy atom. The molecule has 0 aromatic rings. The summed E-state index contributed by atoms with van der Waals surface area (Å²) in [6, 6.07) is 0. The number of rotatable bonds is 1. The topological polar surface area (TPSA) is 90.2 Å². The molecule has 5 heteroatoms. The van der Waals surface area contributed by atoms with Crippen LogP contribution in [0.25, 0.3) is 0 Å². The van der Waals surface area contributed by atoms with E-state index in [4.69, 9.17) is 20.4 Å². The van der Waals surface area contributed by atoms with Gasteiger partial charge in [-0.05, 0) is 0 Å². The van der Waals surface area contributed by atoms with Gasteiger partial charge in [0.15, 0.2) is 0 Å². The molecule has 1 aliphatic heterocycles. The van der Waals surface area contributed by atoms with Crippen LogP contribution in [0.2, 0.25) is 0 Å². The van der Waals surface area contributed by atoms with Crippen LogP contribution in [-0.2, 0) is 4.74 Å². The molecule has 1 rings (SSSR count). The second kappa shape index (κ2) is 3.46. The Morgan fingerprint density at radius 3 is 2.36 bits per heavy atom. The molecule has 65 valence electrons. The molecule has 1 heterocycles. The van der Waals surface area contributed by atoms with Crippen LogP contribution in [0.3, 0.4) is 0 Å². The van der Waals surface area contributed by atoms with Crippen molar-refractivity contribution in [2.24, 2.45) is 0 Å². The summed E-state index contributed by atoms with van der Waals surface area (Å²) in [5.41, 5.74) is 0. The third kappa shape index (κ3) is 1.69. The van der Waals surface area contributed by atoms with Crippen LogP contribution in [0.4, 0.5) is 0 Å². The fourth-order valence-corrected chi connectivity index (χ4v) is 0.915. The molecule has 5 nitrogen and oxygen atoms in total. The summed E-state index contributed by atoms with van der Waals surface area (Å²) in [7, 11) is 0. The second-order valence-electron chi connectivity index (χ2n) is 2.46. The van der Waals surface area contributed by atoms with Gasteiger partial charge in [0.25, 0.3) is 0 Å². The van der Waals surface area contributed by atoms with Gasteiger partial charge in [0.2, 0.25) is 0 Å². The zero-order chi connectivity index (χ0) is 8.43. The first-order valence-corrected chi connectivity index (χ1v) is 3.30. The van der Waals surface area contributed by atoms with Gasteiger partial charge in [0, 0.05) is 0 Å². The molecule has 4 unspecified atom stereocenters. The summed E-state index contributed by atoms with van der Waals surface area (Å²) in [6.45, 7) is 0.611. The smallest absolute Gasteiger partial charge is 0.115 e. The van der Waals surface area contributed by atoms with Gasteiger partial charge in [0.1, 0.15) is 31.0 Å². The number of ether oxygens (including phenoxy) is 1. The van der Waals surface area contributed by atoms with Gasteiger partial charge < -0.3 is 25.2 Å². The maximum Gasteiger partial charge on any atom is 0.115 e. The Hall–Kier alpha value is -0.200. The third-order valence-corrected chi connectivity index (χ3v) is 1.65. The van der Waals surface area contributed by atoms with Crippen LogP contribution in [0, 0.1) is 6.61 Å². The highest BCUT2D eigenvalue weighted by molar-refractivity contribution is 4.91. The van der Waals surface area contributed by atoms with E-state index >= 15 is 0 Å². The number of hydrogen-bond donors (Lipinski definition) is 4. The standard InChI is InChI=1S/C6H11O5/c7-1-4-6(10)5(9)3(8)2-11-4/h2-10H,1H2. The zero-order valence-corrected chi connectivity index (χ0v) is 5.79. The minimum absolute atomic E-state index is 0.387. The van der Waals surface area contributed by atoms with Crippen molar-refractivity contribution in [2.75, 3.05) is 6.61 Å². The lowest BCUT2D eigenvalue weighted by molar-refractivity contribution is -0.169. The average molecular weight is 163 g/mol. The molecule has 1 saturated heterocycles. The van der Waals surface area contributed by atoms with Crippen molar-refractivity contribution < 1.29 is 25.2 Å². The molecular formula is C6H11O5. The lowest BCUT2D eigenvalue weighted by Gasteiger charge is -2.33. The maximum atomic E-state index is 9.09. The summed E-state index contributed by atoms with van der Waals surface area (Å²) < 4.78 is 4.69. The molecule has 1 fully saturated rings. The lowest BCUT2D eigenvalue weighted by atomic mass is 10.0. The molecule has 0 aliphatic carbocycles. The highest BCUT2D eigenvalue weighted by Gasteiger charge is 2.37. The predicted octanol–water partition coefficient (Wildman–Crippen LogP) is -2.38. The van der Waals surface area contributed by atoms with Crippen molar-refractivity contribution >= 4 is 0 Å². The summed E-state index contributed by atoms with van der Waals surface area (Å²) in [6.07, 6.45) is -4.54. The Morgan fingerprint density at radius 2 is 1.82 bits per heavy atom. The minimum Gasteiger partial charge on any atom is -0.394 e. The van der Waals surface area contributed by atoms with E-state index in [-0.39, 0.29) is 6.61 Å². The van der Waals surface area contributed by atoms with Gasteiger partial charge in [-0.3, -0.25) is 0 Å². The Kier molecular flexibility index (Phi) is 2.80. The van der Waals surface area contributed by atoms with E-state index in [0.717, 1.165) is 6.61 Å². The van der Waals surface area contributed by atoms with Gasteiger partial charge in [-0.2, -0.15) is 0 Å². The average Bonchev–Trinajstić information content (AvgIpc) is 2.01. The van der Waals surface area contributed by atoms with Gasteiger partial charge in [0.05, 0.1) is 6.61 Å². The highest BCUT2D eigenvalue weighted by Crippen LogP contribution is 2.17. The van der Waals surface area contributed by atoms with Crippen molar-refractivity contribution in [2.45, 2.75) is 24.4 Å². The van der Waals surface area contributed by atoms with Crippen LogP contribution >= 0.6 is 0 Å². The molecule has 0 aromatic heterocycles. The molecule has 4 N–H and O–H groups in total. The summed E-state index contributed by atoms with van der Waals surface area (Å²) in [4.78, 5) is 0. The molecule has 0 aromatic carbocycles. The van der Waals surface area contributed by atoms with Gasteiger partial charge in [-0.25, -0.2) is 0 Å². The fourth-order valence-electron chi connectivity index (χ4n) is 0.915. The van der Waals surface area contributed by atoms with Crippen molar-refractivity contribution in [3.63, 3.8) is 0 Å². The van der Waals surface area contributed by atoms with Gasteiger partial charge >= 0.3 is 0 Å². The first kappa shape index (κ1) is 8.89. The Balaban J connectivity index is 2.52. The predicted molar refractivity (Wildman–Crippen MR) is 34.3 cm³/mol. The molecule has 1 radical (unpaired) electrons. The Bertz CT molecular complexity index is 126. The highest BCUT2D eigenvalue weighted by atomic mass is 16.5. The van der Waals surface area contributed by atoms with Crippen molar-refractivity contribution in [3.8, 4) is 0 Å². The SMILES string of the molecule is OCC1O[CH]C(O)C(O)C1O. The van der Waals surface area contributed by atoms with E-state index in [1.54, 1.807) is 0 Å². The lowest BCUT2D eigenvalue weighted by Crippen LogP contribution is -2.52. The van der Waals surface area contributed by atoms with Crippen LogP contribution < -0.4 is 0 Å². The van der Waals surface area contributed by atoms with E-state index in [9.17, 15) is 0 Å². The second-order valence-corrected chi connectivity index (χ2v) is 2.46. The minimum atomic E-state index is -1.28. The van der Waals surface area contributed by atoms with Crippen molar-refractivity contribution in [3.05, 3.63) is 6.61 Å². The number of aliphatic hydroxyl groups excluding tert-OH is 4. The quantitative estimate of drug-likeness (QED) is 0.346. The first-order chi connectivity index (χ1) is 5.16. The third-order valence-electron chi connectivity index (χ3n) is 1.65. The summed E-state index contributed by atoms with van der Waals surface area (Å²) in [5, 5.41) is 35.6. The van der Waals surface area contributed by atoms with Gasteiger partial charge in [-0.1, -0.05) is 0 Å². The van der Waals surface area contributed by atoms with Crippen molar-refractivity contribution in [1.82, 2.24) is 0 Å². The van der Waals surface area contributed by atoms with Crippen molar-refractivity contribution in [1.29, 1.82) is 0 Å². The first-order valence-electron chi connectivity index (χ1n) is 3.30. The van der Waals surface area contributed by atoms with E-state index in [1.807, 2.05) is 0 Å². The molecule has 0 bridgehead atoms. The summed E-state index contributed by atoms with van der Waals surface area (Å²) in [5.74, 6) is 0. The molecule has 4 atom stereocenters. The number of hydrogen-bond acceptors (Lipinski definition) is 5. The molecule has 0 amide bonds. The van der Waals surface area contributed by atoms with Crippen LogP contribution in [-0.4, -0.2) is 51.4 Å². The monoisotopic (exact) mass is 163 g/mol. The van der Waals surface area contributed by atoms with Crippen LogP contribution in [0.5, 0.6) is 0 Å². The molecule has 1 aliphatic rings. The molecule has 0 saturated carbocycles. The maximum absolute atomic E-state index is 9.09.